The Labute approximate surface area is 113 Å². The predicted octanol–water partition coefficient (Wildman–Crippen LogP) is 3.20. The van der Waals surface area contributed by atoms with Crippen molar-refractivity contribution in [3.63, 3.8) is 0 Å². The molecule has 4 nitrogen and oxygen atoms in total. The van der Waals surface area contributed by atoms with Gasteiger partial charge in [0.05, 0.1) is 5.92 Å². The third-order valence-corrected chi connectivity index (χ3v) is 4.75. The normalized spacial score (nSPS) is 16.0. The van der Waals surface area contributed by atoms with Gasteiger partial charge in [-0.15, -0.1) is 0 Å². The lowest BCUT2D eigenvalue weighted by Crippen LogP contribution is -2.20. The molecule has 1 aromatic carbocycles. The molecule has 5 heteroatoms. The van der Waals surface area contributed by atoms with Crippen LogP contribution in [0.2, 0.25) is 0 Å². The van der Waals surface area contributed by atoms with Gasteiger partial charge in [0, 0.05) is 12.3 Å². The molecule has 2 N–H and O–H groups in total. The Bertz CT molecular complexity index is 456. The van der Waals surface area contributed by atoms with Gasteiger partial charge in [-0.3, -0.25) is 9.36 Å². The van der Waals surface area contributed by atoms with Crippen LogP contribution in [0.4, 0.5) is 0 Å². The number of benzene rings is 1. The summed E-state index contributed by atoms with van der Waals surface area (Å²) >= 11 is 0. The van der Waals surface area contributed by atoms with Gasteiger partial charge >= 0.3 is 5.97 Å². The van der Waals surface area contributed by atoms with E-state index >= 15 is 0 Å². The van der Waals surface area contributed by atoms with Gasteiger partial charge in [0.25, 0.3) is 0 Å². The third kappa shape index (κ3) is 6.04. The second-order valence-corrected chi connectivity index (χ2v) is 7.71. The van der Waals surface area contributed by atoms with Crippen LogP contribution in [-0.4, -0.2) is 22.1 Å². The SMILES string of the molecule is CC(C)CC(CP(=O)(O)Cc1ccccc1)C(=O)O. The monoisotopic (exact) mass is 284 g/mol. The average molecular weight is 284 g/mol. The summed E-state index contributed by atoms with van der Waals surface area (Å²) < 4.78 is 12.2. The molecule has 0 bridgehead atoms. The van der Waals surface area contributed by atoms with Crippen LogP contribution in [0.5, 0.6) is 0 Å². The smallest absolute Gasteiger partial charge is 0.307 e. The number of rotatable bonds is 7. The Morgan fingerprint density at radius 2 is 1.84 bits per heavy atom. The van der Waals surface area contributed by atoms with E-state index in [1.807, 2.05) is 19.9 Å². The van der Waals surface area contributed by atoms with Gasteiger partial charge in [-0.1, -0.05) is 44.2 Å². The van der Waals surface area contributed by atoms with E-state index in [1.165, 1.54) is 0 Å². The predicted molar refractivity (Wildman–Crippen MR) is 75.4 cm³/mol. The van der Waals surface area contributed by atoms with Gasteiger partial charge in [-0.2, -0.15) is 0 Å². The maximum absolute atomic E-state index is 12.2. The molecule has 0 amide bonds. The Hall–Kier alpha value is -1.12. The zero-order chi connectivity index (χ0) is 14.5. The van der Waals surface area contributed by atoms with Crippen molar-refractivity contribution in [3.8, 4) is 0 Å². The summed E-state index contributed by atoms with van der Waals surface area (Å²) in [5.74, 6) is -1.55. The minimum atomic E-state index is -3.46. The molecule has 2 unspecified atom stereocenters. The molecular formula is C14H21O4P. The highest BCUT2D eigenvalue weighted by Crippen LogP contribution is 2.47. The van der Waals surface area contributed by atoms with E-state index in [4.69, 9.17) is 5.11 Å². The lowest BCUT2D eigenvalue weighted by molar-refractivity contribution is -0.141. The van der Waals surface area contributed by atoms with Crippen LogP contribution < -0.4 is 0 Å². The van der Waals surface area contributed by atoms with Crippen LogP contribution in [0.1, 0.15) is 25.8 Å². The fraction of sp³-hybridized carbons (Fsp3) is 0.500. The topological polar surface area (TPSA) is 74.6 Å². The minimum Gasteiger partial charge on any atom is -0.481 e. The van der Waals surface area contributed by atoms with E-state index in [0.717, 1.165) is 5.56 Å². The molecule has 0 heterocycles. The molecule has 0 fully saturated rings. The maximum atomic E-state index is 12.2. The van der Waals surface area contributed by atoms with E-state index < -0.39 is 19.3 Å². The van der Waals surface area contributed by atoms with Crippen molar-refractivity contribution >= 4 is 13.3 Å². The fourth-order valence-corrected chi connectivity index (χ4v) is 4.00. The van der Waals surface area contributed by atoms with E-state index in [2.05, 4.69) is 0 Å². The summed E-state index contributed by atoms with van der Waals surface area (Å²) in [6.07, 6.45) is 0.305. The highest BCUT2D eigenvalue weighted by molar-refractivity contribution is 7.57. The number of carboxylic acid groups (broad SMARTS) is 1. The molecule has 106 valence electrons. The number of aliphatic carboxylic acids is 1. The molecule has 0 saturated carbocycles. The van der Waals surface area contributed by atoms with Crippen LogP contribution in [-0.2, 0) is 15.5 Å². The van der Waals surface area contributed by atoms with Crippen LogP contribution in [0.15, 0.2) is 30.3 Å². The van der Waals surface area contributed by atoms with E-state index in [-0.39, 0.29) is 18.2 Å². The minimum absolute atomic E-state index is 0.0374. The molecule has 0 spiro atoms. The standard InChI is InChI=1S/C14H21O4P/c1-11(2)8-13(14(15)16)10-19(17,18)9-12-6-4-3-5-7-12/h3-7,11,13H,8-10H2,1-2H3,(H,15,16)(H,17,18). The summed E-state index contributed by atoms with van der Waals surface area (Å²) in [4.78, 5) is 21.1. The highest BCUT2D eigenvalue weighted by atomic mass is 31.2. The quantitative estimate of drug-likeness (QED) is 0.754. The molecule has 0 saturated heterocycles. The zero-order valence-corrected chi connectivity index (χ0v) is 12.2. The zero-order valence-electron chi connectivity index (χ0n) is 11.3. The van der Waals surface area contributed by atoms with Crippen LogP contribution in [0.25, 0.3) is 0 Å². The maximum Gasteiger partial charge on any atom is 0.307 e. The van der Waals surface area contributed by atoms with E-state index in [0.29, 0.717) is 6.42 Å². The molecule has 1 aromatic rings. The van der Waals surface area contributed by atoms with Gasteiger partial charge in [0.2, 0.25) is 7.37 Å². The Morgan fingerprint density at radius 3 is 2.32 bits per heavy atom. The molecule has 0 aliphatic heterocycles. The van der Waals surface area contributed by atoms with Crippen molar-refractivity contribution in [1.29, 1.82) is 0 Å². The van der Waals surface area contributed by atoms with Crippen molar-refractivity contribution in [2.45, 2.75) is 26.4 Å². The lowest BCUT2D eigenvalue weighted by Gasteiger charge is -2.18. The second-order valence-electron chi connectivity index (χ2n) is 5.34. The third-order valence-electron chi connectivity index (χ3n) is 2.88. The van der Waals surface area contributed by atoms with Crippen LogP contribution in [0.3, 0.4) is 0 Å². The van der Waals surface area contributed by atoms with Crippen molar-refractivity contribution < 1.29 is 19.4 Å². The molecule has 0 aliphatic rings. The number of carbonyl (C=O) groups is 1. The first-order valence-electron chi connectivity index (χ1n) is 6.38. The summed E-state index contributed by atoms with van der Waals surface area (Å²) in [6, 6.07) is 9.00. The summed E-state index contributed by atoms with van der Waals surface area (Å²) in [5.41, 5.74) is 0.766. The molecule has 1 rings (SSSR count). The van der Waals surface area contributed by atoms with Crippen molar-refractivity contribution in [2.75, 3.05) is 6.16 Å². The first-order chi connectivity index (χ1) is 8.80. The average Bonchev–Trinajstić information content (AvgIpc) is 2.27. The first-order valence-corrected chi connectivity index (χ1v) is 8.41. The summed E-state index contributed by atoms with van der Waals surface area (Å²) in [7, 11) is -3.46. The first kappa shape index (κ1) is 15.9. The molecule has 0 aliphatic carbocycles. The van der Waals surface area contributed by atoms with Gasteiger partial charge in [-0.25, -0.2) is 0 Å². The van der Waals surface area contributed by atoms with Crippen LogP contribution in [0, 0.1) is 11.8 Å². The fourth-order valence-electron chi connectivity index (χ4n) is 2.10. The van der Waals surface area contributed by atoms with Gasteiger partial charge in [-0.05, 0) is 17.9 Å². The Balaban J connectivity index is 2.71. The highest BCUT2D eigenvalue weighted by Gasteiger charge is 2.29. The molecule has 2 atom stereocenters. The van der Waals surface area contributed by atoms with Gasteiger partial charge < -0.3 is 10.00 Å². The van der Waals surface area contributed by atoms with Gasteiger partial charge in [0.1, 0.15) is 0 Å². The Kier molecular flexibility index (Phi) is 5.77. The van der Waals surface area contributed by atoms with Crippen molar-refractivity contribution in [3.05, 3.63) is 35.9 Å². The number of hydrogen-bond acceptors (Lipinski definition) is 2. The lowest BCUT2D eigenvalue weighted by atomic mass is 9.99. The largest absolute Gasteiger partial charge is 0.481 e. The number of hydrogen-bond donors (Lipinski definition) is 2. The molecular weight excluding hydrogens is 263 g/mol. The summed E-state index contributed by atoms with van der Waals surface area (Å²) in [5, 5.41) is 9.12. The number of carboxylic acids is 1. The van der Waals surface area contributed by atoms with Crippen LogP contribution >= 0.6 is 7.37 Å². The summed E-state index contributed by atoms with van der Waals surface area (Å²) in [6.45, 7) is 3.82. The molecule has 0 radical (unpaired) electrons. The molecule has 19 heavy (non-hydrogen) atoms. The van der Waals surface area contributed by atoms with Crippen molar-refractivity contribution in [1.82, 2.24) is 0 Å². The van der Waals surface area contributed by atoms with Crippen molar-refractivity contribution in [2.24, 2.45) is 11.8 Å². The van der Waals surface area contributed by atoms with E-state index in [9.17, 15) is 14.3 Å². The van der Waals surface area contributed by atoms with Gasteiger partial charge in [0.15, 0.2) is 0 Å². The van der Waals surface area contributed by atoms with E-state index in [1.54, 1.807) is 24.3 Å². The second kappa shape index (κ2) is 6.88. The Morgan fingerprint density at radius 1 is 1.26 bits per heavy atom. The molecule has 0 aromatic heterocycles.